The highest BCUT2D eigenvalue weighted by atomic mass is 16.6. The molecule has 0 aliphatic carbocycles. The van der Waals surface area contributed by atoms with Crippen LogP contribution in [0.1, 0.15) is 29.4 Å². The zero-order valence-electron chi connectivity index (χ0n) is 14.9. The predicted octanol–water partition coefficient (Wildman–Crippen LogP) is 1.37. The second-order valence-electron chi connectivity index (χ2n) is 6.34. The van der Waals surface area contributed by atoms with E-state index in [1.54, 1.807) is 30.9 Å². The van der Waals surface area contributed by atoms with Crippen molar-refractivity contribution in [1.82, 2.24) is 25.0 Å². The first-order valence-corrected chi connectivity index (χ1v) is 8.57. The summed E-state index contributed by atoms with van der Waals surface area (Å²) in [6.07, 6.45) is 3.74. The first kappa shape index (κ1) is 18.0. The number of hydrogen-bond donors (Lipinski definition) is 1. The van der Waals surface area contributed by atoms with Crippen molar-refractivity contribution in [1.29, 1.82) is 0 Å². The third-order valence-corrected chi connectivity index (χ3v) is 4.70. The highest BCUT2D eigenvalue weighted by molar-refractivity contribution is 5.77. The van der Waals surface area contributed by atoms with Crippen LogP contribution in [-0.4, -0.2) is 50.1 Å². The van der Waals surface area contributed by atoms with Crippen LogP contribution in [0.15, 0.2) is 24.5 Å². The maximum atomic E-state index is 12.8. The molecule has 1 saturated heterocycles. The molecule has 1 atom stereocenters. The minimum atomic E-state index is -0.426. The van der Waals surface area contributed by atoms with Gasteiger partial charge >= 0.3 is 5.69 Å². The van der Waals surface area contributed by atoms with Crippen LogP contribution in [0.3, 0.4) is 0 Å². The van der Waals surface area contributed by atoms with E-state index < -0.39 is 4.92 Å². The minimum Gasteiger partial charge on any atom is -0.333 e. The summed E-state index contributed by atoms with van der Waals surface area (Å²) in [6.45, 7) is 5.64. The average molecular weight is 358 g/mol. The minimum absolute atomic E-state index is 0.00978. The number of rotatable bonds is 5. The zero-order valence-corrected chi connectivity index (χ0v) is 14.9. The van der Waals surface area contributed by atoms with Gasteiger partial charge in [-0.3, -0.25) is 24.6 Å². The van der Waals surface area contributed by atoms with E-state index in [4.69, 9.17) is 0 Å². The molecule has 3 rings (SSSR count). The molecule has 1 fully saturated rings. The molecule has 2 aromatic heterocycles. The second-order valence-corrected chi connectivity index (χ2v) is 6.34. The van der Waals surface area contributed by atoms with Crippen molar-refractivity contribution in [3.63, 3.8) is 0 Å². The molecular formula is C17H22N6O3. The van der Waals surface area contributed by atoms with Crippen LogP contribution in [0.2, 0.25) is 0 Å². The van der Waals surface area contributed by atoms with E-state index in [9.17, 15) is 14.9 Å². The van der Waals surface area contributed by atoms with E-state index in [1.165, 1.54) is 0 Å². The van der Waals surface area contributed by atoms with Crippen LogP contribution in [0.5, 0.6) is 0 Å². The maximum absolute atomic E-state index is 12.8. The molecule has 0 bridgehead atoms. The van der Waals surface area contributed by atoms with Crippen molar-refractivity contribution >= 4 is 11.6 Å². The molecule has 2 aromatic rings. The Hall–Kier alpha value is -2.81. The molecule has 1 N–H and O–H groups in total. The van der Waals surface area contributed by atoms with Gasteiger partial charge in [-0.2, -0.15) is 5.10 Å². The molecule has 138 valence electrons. The fourth-order valence-electron chi connectivity index (χ4n) is 3.39. The van der Waals surface area contributed by atoms with Gasteiger partial charge in [0.15, 0.2) is 0 Å². The topological polar surface area (TPSA) is 106 Å². The van der Waals surface area contributed by atoms with Gasteiger partial charge < -0.3 is 10.2 Å². The van der Waals surface area contributed by atoms with Crippen molar-refractivity contribution in [3.8, 4) is 0 Å². The summed E-state index contributed by atoms with van der Waals surface area (Å²) < 4.78 is 1.55. The zero-order chi connectivity index (χ0) is 18.7. The van der Waals surface area contributed by atoms with Gasteiger partial charge in [-0.15, -0.1) is 0 Å². The summed E-state index contributed by atoms with van der Waals surface area (Å²) in [5.41, 5.74) is 1.86. The number of aryl methyl sites for hydroxylation is 2. The number of nitro groups is 1. The van der Waals surface area contributed by atoms with Gasteiger partial charge in [-0.1, -0.05) is 6.07 Å². The number of nitrogens with one attached hydrogen (secondary N) is 1. The first-order chi connectivity index (χ1) is 12.5. The fourth-order valence-corrected chi connectivity index (χ4v) is 3.39. The van der Waals surface area contributed by atoms with Gasteiger partial charge in [0.05, 0.1) is 17.5 Å². The number of hydrogen-bond acceptors (Lipinski definition) is 6. The lowest BCUT2D eigenvalue weighted by atomic mass is 10.0. The normalized spacial score (nSPS) is 17.3. The van der Waals surface area contributed by atoms with Gasteiger partial charge in [0, 0.05) is 38.4 Å². The Balaban J connectivity index is 1.71. The van der Waals surface area contributed by atoms with Gasteiger partial charge in [-0.25, -0.2) is 0 Å². The molecule has 1 amide bonds. The van der Waals surface area contributed by atoms with Gasteiger partial charge in [0.1, 0.15) is 11.4 Å². The molecule has 0 spiro atoms. The van der Waals surface area contributed by atoms with E-state index in [2.05, 4.69) is 15.4 Å². The van der Waals surface area contributed by atoms with Crippen molar-refractivity contribution in [3.05, 3.63) is 51.6 Å². The largest absolute Gasteiger partial charge is 0.333 e. The standard InChI is InChI=1S/C17H22N6O3/c1-12-17(23(25)26)13(2)22(20-12)8-5-16(24)21-9-7-19-11-15(21)14-4-3-6-18-10-14/h3-4,6,10,15,19H,5,7-9,11H2,1-2H3. The van der Waals surface area contributed by atoms with Crippen molar-refractivity contribution < 1.29 is 9.72 Å². The Morgan fingerprint density at radius 2 is 2.27 bits per heavy atom. The van der Waals surface area contributed by atoms with Crippen LogP contribution < -0.4 is 5.32 Å². The summed E-state index contributed by atoms with van der Waals surface area (Å²) in [5.74, 6) is 0.00978. The van der Waals surface area contributed by atoms with Crippen molar-refractivity contribution in [2.75, 3.05) is 19.6 Å². The molecule has 0 saturated carbocycles. The van der Waals surface area contributed by atoms with Gasteiger partial charge in [-0.05, 0) is 25.5 Å². The molecule has 9 nitrogen and oxygen atoms in total. The highest BCUT2D eigenvalue weighted by Crippen LogP contribution is 2.24. The molecule has 1 aliphatic heterocycles. The van der Waals surface area contributed by atoms with E-state index in [1.807, 2.05) is 17.0 Å². The molecule has 9 heteroatoms. The second kappa shape index (κ2) is 7.61. The lowest BCUT2D eigenvalue weighted by Crippen LogP contribution is -2.48. The Bertz CT molecular complexity index is 804. The number of nitrogens with zero attached hydrogens (tertiary/aromatic N) is 5. The molecular weight excluding hydrogens is 336 g/mol. The van der Waals surface area contributed by atoms with Gasteiger partial charge in [0.2, 0.25) is 5.91 Å². The molecule has 1 unspecified atom stereocenters. The van der Waals surface area contributed by atoms with E-state index in [0.717, 1.165) is 12.1 Å². The fraction of sp³-hybridized carbons (Fsp3) is 0.471. The van der Waals surface area contributed by atoms with Crippen molar-refractivity contribution in [2.45, 2.75) is 32.9 Å². The van der Waals surface area contributed by atoms with E-state index in [0.29, 0.717) is 31.0 Å². The summed E-state index contributed by atoms with van der Waals surface area (Å²) in [7, 11) is 0. The van der Waals surface area contributed by atoms with Crippen LogP contribution >= 0.6 is 0 Å². The molecule has 3 heterocycles. The number of amides is 1. The Morgan fingerprint density at radius 3 is 2.92 bits per heavy atom. The smallest absolute Gasteiger partial charge is 0.312 e. The lowest BCUT2D eigenvalue weighted by molar-refractivity contribution is -0.386. The number of carbonyl (C=O) groups is 1. The quantitative estimate of drug-likeness (QED) is 0.639. The predicted molar refractivity (Wildman–Crippen MR) is 94.5 cm³/mol. The van der Waals surface area contributed by atoms with Gasteiger partial charge in [0.25, 0.3) is 0 Å². The Labute approximate surface area is 151 Å². The van der Waals surface area contributed by atoms with E-state index in [-0.39, 0.29) is 24.1 Å². The first-order valence-electron chi connectivity index (χ1n) is 8.57. The SMILES string of the molecule is Cc1nn(CCC(=O)N2CCNCC2c2cccnc2)c(C)c1[N+](=O)[O-]. The molecule has 0 aromatic carbocycles. The van der Waals surface area contributed by atoms with Crippen LogP contribution in [0.25, 0.3) is 0 Å². The van der Waals surface area contributed by atoms with Crippen LogP contribution in [0.4, 0.5) is 5.69 Å². The van der Waals surface area contributed by atoms with Crippen molar-refractivity contribution in [2.24, 2.45) is 0 Å². The summed E-state index contributed by atoms with van der Waals surface area (Å²) in [4.78, 5) is 29.5. The number of piperazine rings is 1. The monoisotopic (exact) mass is 358 g/mol. The third kappa shape index (κ3) is 3.57. The highest BCUT2D eigenvalue weighted by Gasteiger charge is 2.28. The summed E-state index contributed by atoms with van der Waals surface area (Å²) >= 11 is 0. The average Bonchev–Trinajstić information content (AvgIpc) is 2.94. The Kier molecular flexibility index (Phi) is 5.27. The number of pyridine rings is 1. The number of aromatic nitrogens is 3. The van der Waals surface area contributed by atoms with E-state index >= 15 is 0 Å². The van der Waals surface area contributed by atoms with Crippen LogP contribution in [-0.2, 0) is 11.3 Å². The van der Waals surface area contributed by atoms with Crippen LogP contribution in [0, 0.1) is 24.0 Å². The third-order valence-electron chi connectivity index (χ3n) is 4.70. The molecule has 1 aliphatic rings. The molecule has 0 radical (unpaired) electrons. The summed E-state index contributed by atoms with van der Waals surface area (Å²) in [5, 5.41) is 18.6. The maximum Gasteiger partial charge on any atom is 0.312 e. The number of carbonyl (C=O) groups excluding carboxylic acids is 1. The lowest BCUT2D eigenvalue weighted by Gasteiger charge is -2.36. The summed E-state index contributed by atoms with van der Waals surface area (Å²) in [6, 6.07) is 3.77. The molecule has 26 heavy (non-hydrogen) atoms. The Morgan fingerprint density at radius 1 is 1.46 bits per heavy atom.